The van der Waals surface area contributed by atoms with Crippen LogP contribution in [0.15, 0.2) is 102 Å². The minimum atomic E-state index is -0.478. The summed E-state index contributed by atoms with van der Waals surface area (Å²) in [5.41, 5.74) is 8.05. The molecule has 5 aromatic rings. The summed E-state index contributed by atoms with van der Waals surface area (Å²) in [6.45, 7) is 4.32. The van der Waals surface area contributed by atoms with Gasteiger partial charge in [-0.15, -0.1) is 0 Å². The zero-order valence-electron chi connectivity index (χ0n) is 22.3. The molecule has 0 fully saturated rings. The van der Waals surface area contributed by atoms with E-state index in [-0.39, 0.29) is 5.91 Å². The topological polar surface area (TPSA) is 92.8 Å². The lowest BCUT2D eigenvalue weighted by molar-refractivity contribution is 0.0728. The molecule has 1 amide bonds. The normalized spacial score (nSPS) is 11.1. The Morgan fingerprint density at radius 3 is 2.35 bits per heavy atom. The predicted octanol–water partition coefficient (Wildman–Crippen LogP) is 6.78. The fraction of sp³-hybridized carbons (Fsp3) is 0.121. The molecule has 1 heterocycles. The number of esters is 1. The van der Waals surface area contributed by atoms with E-state index in [1.54, 1.807) is 42.5 Å². The first kappa shape index (κ1) is 26.4. The third kappa shape index (κ3) is 5.63. The van der Waals surface area contributed by atoms with E-state index < -0.39 is 5.97 Å². The highest BCUT2D eigenvalue weighted by molar-refractivity contribution is 6.10. The van der Waals surface area contributed by atoms with Gasteiger partial charge >= 0.3 is 5.97 Å². The second-order valence-corrected chi connectivity index (χ2v) is 9.03. The standard InChI is InChI=1S/C33H29N3O4/c1-3-23-16-11-17-26-29(24-12-7-5-8-13-24)31(35-30(23)26)32(37)36-34-21-22-18-19-27(28(20-22)39-4-2)40-33(38)25-14-9-6-10-15-25/h5-21,35H,3-4H2,1-2H3,(H,36,37). The zero-order chi connectivity index (χ0) is 27.9. The van der Waals surface area contributed by atoms with Gasteiger partial charge in [0.1, 0.15) is 5.69 Å². The van der Waals surface area contributed by atoms with Gasteiger partial charge in [-0.3, -0.25) is 4.79 Å². The molecule has 0 saturated heterocycles. The van der Waals surface area contributed by atoms with Gasteiger partial charge in [-0.1, -0.05) is 73.7 Å². The summed E-state index contributed by atoms with van der Waals surface area (Å²) in [6, 6.07) is 29.8. The fourth-order valence-corrected chi connectivity index (χ4v) is 4.56. The highest BCUT2D eigenvalue weighted by Crippen LogP contribution is 2.34. The summed E-state index contributed by atoms with van der Waals surface area (Å²) in [5.74, 6) is -0.133. The smallest absolute Gasteiger partial charge is 0.343 e. The summed E-state index contributed by atoms with van der Waals surface area (Å²) in [5, 5.41) is 5.18. The van der Waals surface area contributed by atoms with Crippen molar-refractivity contribution in [3.05, 3.63) is 119 Å². The number of aromatic amines is 1. The first-order chi connectivity index (χ1) is 19.6. The van der Waals surface area contributed by atoms with Crippen LogP contribution in [0.3, 0.4) is 0 Å². The molecule has 0 unspecified atom stereocenters. The van der Waals surface area contributed by atoms with Gasteiger partial charge < -0.3 is 14.5 Å². The van der Waals surface area contributed by atoms with Crippen LogP contribution < -0.4 is 14.9 Å². The van der Waals surface area contributed by atoms with Crippen LogP contribution in [-0.4, -0.2) is 29.7 Å². The van der Waals surface area contributed by atoms with E-state index in [2.05, 4.69) is 28.5 Å². The van der Waals surface area contributed by atoms with Crippen molar-refractivity contribution in [1.29, 1.82) is 0 Å². The SMILES string of the molecule is CCOc1cc(C=NNC(=O)c2[nH]c3c(CC)cccc3c2-c2ccccc2)ccc1OC(=O)c1ccccc1. The summed E-state index contributed by atoms with van der Waals surface area (Å²) < 4.78 is 11.3. The van der Waals surface area contributed by atoms with Crippen molar-refractivity contribution in [2.75, 3.05) is 6.61 Å². The Labute approximate surface area is 232 Å². The van der Waals surface area contributed by atoms with Crippen LogP contribution >= 0.6 is 0 Å². The number of amides is 1. The molecule has 7 heteroatoms. The number of hydrogen-bond acceptors (Lipinski definition) is 5. The third-order valence-electron chi connectivity index (χ3n) is 6.45. The molecule has 5 rings (SSSR count). The van der Waals surface area contributed by atoms with E-state index in [9.17, 15) is 9.59 Å². The summed E-state index contributed by atoms with van der Waals surface area (Å²) in [6.07, 6.45) is 2.36. The minimum Gasteiger partial charge on any atom is -0.490 e. The lowest BCUT2D eigenvalue weighted by atomic mass is 10.00. The number of aromatic nitrogens is 1. The van der Waals surface area contributed by atoms with Gasteiger partial charge in [0, 0.05) is 16.5 Å². The molecule has 0 aliphatic rings. The van der Waals surface area contributed by atoms with Crippen LogP contribution in [-0.2, 0) is 6.42 Å². The Bertz CT molecular complexity index is 1670. The Morgan fingerprint density at radius 1 is 0.875 bits per heavy atom. The van der Waals surface area contributed by atoms with Crippen molar-refractivity contribution in [1.82, 2.24) is 10.4 Å². The summed E-state index contributed by atoms with van der Waals surface area (Å²) >= 11 is 0. The highest BCUT2D eigenvalue weighted by atomic mass is 16.6. The molecular formula is C33H29N3O4. The number of H-pyrrole nitrogens is 1. The van der Waals surface area contributed by atoms with Crippen LogP contribution in [0.2, 0.25) is 0 Å². The number of nitrogens with one attached hydrogen (secondary N) is 2. The maximum absolute atomic E-state index is 13.3. The number of fused-ring (bicyclic) bond motifs is 1. The molecule has 200 valence electrons. The summed E-state index contributed by atoms with van der Waals surface area (Å²) in [4.78, 5) is 29.2. The third-order valence-corrected chi connectivity index (χ3v) is 6.45. The van der Waals surface area contributed by atoms with Crippen molar-refractivity contribution in [3.8, 4) is 22.6 Å². The van der Waals surface area contributed by atoms with Crippen LogP contribution in [0.25, 0.3) is 22.0 Å². The Balaban J connectivity index is 1.38. The first-order valence-electron chi connectivity index (χ1n) is 13.2. The molecule has 0 aliphatic carbocycles. The molecule has 0 bridgehead atoms. The maximum Gasteiger partial charge on any atom is 0.343 e. The molecule has 0 atom stereocenters. The minimum absolute atomic E-state index is 0.300. The predicted molar refractivity (Wildman–Crippen MR) is 157 cm³/mol. The van der Waals surface area contributed by atoms with Crippen LogP contribution in [0.1, 0.15) is 45.8 Å². The quantitative estimate of drug-likeness (QED) is 0.0949. The fourth-order valence-electron chi connectivity index (χ4n) is 4.56. The lowest BCUT2D eigenvalue weighted by Gasteiger charge is -2.11. The second kappa shape index (κ2) is 12.1. The number of hydrogen-bond donors (Lipinski definition) is 2. The molecule has 0 aliphatic heterocycles. The number of hydrazone groups is 1. The molecule has 4 aromatic carbocycles. The second-order valence-electron chi connectivity index (χ2n) is 9.03. The number of carbonyl (C=O) groups excluding carboxylic acids is 2. The van der Waals surface area contributed by atoms with Crippen molar-refractivity contribution in [3.63, 3.8) is 0 Å². The monoisotopic (exact) mass is 531 g/mol. The van der Waals surface area contributed by atoms with E-state index >= 15 is 0 Å². The van der Waals surface area contributed by atoms with Crippen molar-refractivity contribution in [2.24, 2.45) is 5.10 Å². The molecule has 0 saturated carbocycles. The largest absolute Gasteiger partial charge is 0.490 e. The zero-order valence-corrected chi connectivity index (χ0v) is 22.3. The molecule has 2 N–H and O–H groups in total. The van der Waals surface area contributed by atoms with Gasteiger partial charge in [-0.2, -0.15) is 5.10 Å². The molecule has 7 nitrogen and oxygen atoms in total. The van der Waals surface area contributed by atoms with Crippen LogP contribution in [0, 0.1) is 0 Å². The number of aryl methyl sites for hydroxylation is 1. The Kier molecular flexibility index (Phi) is 8.02. The number of para-hydroxylation sites is 1. The van der Waals surface area contributed by atoms with Crippen LogP contribution in [0.5, 0.6) is 11.5 Å². The van der Waals surface area contributed by atoms with Crippen LogP contribution in [0.4, 0.5) is 0 Å². The average molecular weight is 532 g/mol. The van der Waals surface area contributed by atoms with Crippen molar-refractivity contribution in [2.45, 2.75) is 20.3 Å². The Hall–Kier alpha value is -5.17. The van der Waals surface area contributed by atoms with Crippen molar-refractivity contribution >= 4 is 29.0 Å². The number of carbonyl (C=O) groups is 2. The molecular weight excluding hydrogens is 502 g/mol. The van der Waals surface area contributed by atoms with E-state index in [1.165, 1.54) is 6.21 Å². The van der Waals surface area contributed by atoms with E-state index in [0.717, 1.165) is 34.0 Å². The van der Waals surface area contributed by atoms with Crippen molar-refractivity contribution < 1.29 is 19.1 Å². The first-order valence-corrected chi connectivity index (χ1v) is 13.2. The van der Waals surface area contributed by atoms with Gasteiger partial charge in [0.25, 0.3) is 5.91 Å². The number of ether oxygens (including phenoxy) is 2. The molecule has 40 heavy (non-hydrogen) atoms. The van der Waals surface area contributed by atoms with E-state index in [4.69, 9.17) is 9.47 Å². The van der Waals surface area contributed by atoms with Gasteiger partial charge in [-0.05, 0) is 60.4 Å². The van der Waals surface area contributed by atoms with Gasteiger partial charge in [0.2, 0.25) is 0 Å². The number of nitrogens with zero attached hydrogens (tertiary/aromatic N) is 1. The van der Waals surface area contributed by atoms with E-state index in [0.29, 0.717) is 34.9 Å². The molecule has 0 radical (unpaired) electrons. The molecule has 1 aromatic heterocycles. The molecule has 0 spiro atoms. The Morgan fingerprint density at radius 2 is 1.62 bits per heavy atom. The maximum atomic E-state index is 13.3. The summed E-state index contributed by atoms with van der Waals surface area (Å²) in [7, 11) is 0. The van der Waals surface area contributed by atoms with Gasteiger partial charge in [0.05, 0.1) is 18.4 Å². The highest BCUT2D eigenvalue weighted by Gasteiger charge is 2.20. The lowest BCUT2D eigenvalue weighted by Crippen LogP contribution is -2.19. The number of rotatable bonds is 9. The van der Waals surface area contributed by atoms with Gasteiger partial charge in [0.15, 0.2) is 11.5 Å². The number of benzene rings is 4. The van der Waals surface area contributed by atoms with E-state index in [1.807, 2.05) is 55.5 Å². The average Bonchev–Trinajstić information content (AvgIpc) is 3.39. The van der Waals surface area contributed by atoms with Gasteiger partial charge in [-0.25, -0.2) is 10.2 Å².